The van der Waals surface area contributed by atoms with Gasteiger partial charge >= 0.3 is 6.18 Å². The average Bonchev–Trinajstić information content (AvgIpc) is 3.08. The Balaban J connectivity index is 1.33. The molecule has 0 unspecified atom stereocenters. The number of carbonyl (C=O) groups is 1. The first kappa shape index (κ1) is 23.0. The van der Waals surface area contributed by atoms with Crippen molar-refractivity contribution >= 4 is 34.0 Å². The van der Waals surface area contributed by atoms with E-state index in [1.165, 1.54) is 23.1 Å². The van der Waals surface area contributed by atoms with Crippen LogP contribution in [0.3, 0.4) is 0 Å². The summed E-state index contributed by atoms with van der Waals surface area (Å²) in [5, 5.41) is 7.96. The van der Waals surface area contributed by atoms with Gasteiger partial charge in [0.15, 0.2) is 5.82 Å². The summed E-state index contributed by atoms with van der Waals surface area (Å²) in [6.07, 6.45) is -3.97. The molecule has 1 aromatic heterocycles. The van der Waals surface area contributed by atoms with Gasteiger partial charge in [0.1, 0.15) is 5.84 Å². The maximum Gasteiger partial charge on any atom is 0.417 e. The lowest BCUT2D eigenvalue weighted by molar-refractivity contribution is -0.138. The number of hydrogen-bond donors (Lipinski definition) is 1. The highest BCUT2D eigenvalue weighted by Gasteiger charge is 2.36. The summed E-state index contributed by atoms with van der Waals surface area (Å²) in [7, 11) is 1.83. The van der Waals surface area contributed by atoms with Crippen LogP contribution in [0.2, 0.25) is 0 Å². The van der Waals surface area contributed by atoms with Gasteiger partial charge in [-0.05, 0) is 30.7 Å². The smallest absolute Gasteiger partial charge is 0.337 e. The van der Waals surface area contributed by atoms with Crippen LogP contribution < -0.4 is 10.5 Å². The van der Waals surface area contributed by atoms with Gasteiger partial charge in [-0.15, -0.1) is 0 Å². The van der Waals surface area contributed by atoms with E-state index in [1.54, 1.807) is 12.1 Å². The van der Waals surface area contributed by atoms with Crippen molar-refractivity contribution in [2.75, 3.05) is 44.7 Å². The number of amidine groups is 1. The molecule has 0 atom stereocenters. The van der Waals surface area contributed by atoms with E-state index in [-0.39, 0.29) is 11.1 Å². The van der Waals surface area contributed by atoms with Gasteiger partial charge < -0.3 is 9.80 Å². The second kappa shape index (κ2) is 8.81. The van der Waals surface area contributed by atoms with Crippen LogP contribution in [0.15, 0.2) is 52.3 Å². The van der Waals surface area contributed by atoms with E-state index in [0.717, 1.165) is 11.9 Å². The van der Waals surface area contributed by atoms with Gasteiger partial charge in [-0.2, -0.15) is 18.3 Å². The molecule has 35 heavy (non-hydrogen) atoms. The molecule has 1 saturated heterocycles. The first-order valence-electron chi connectivity index (χ1n) is 11.2. The quantitative estimate of drug-likeness (QED) is 0.617. The predicted octanol–water partition coefficient (Wildman–Crippen LogP) is 3.27. The summed E-state index contributed by atoms with van der Waals surface area (Å²) < 4.78 is 40.2. The Hall–Kier alpha value is -3.73. The Kier molecular flexibility index (Phi) is 5.79. The van der Waals surface area contributed by atoms with Crippen LogP contribution in [0.5, 0.6) is 0 Å². The average molecular weight is 484 g/mol. The van der Waals surface area contributed by atoms with Crippen molar-refractivity contribution in [2.45, 2.75) is 12.6 Å². The predicted molar refractivity (Wildman–Crippen MR) is 126 cm³/mol. The van der Waals surface area contributed by atoms with E-state index in [0.29, 0.717) is 61.4 Å². The van der Waals surface area contributed by atoms with Gasteiger partial charge in [-0.1, -0.05) is 18.2 Å². The molecule has 2 aromatic carbocycles. The number of carbonyl (C=O) groups excluding carboxylic acids is 1. The van der Waals surface area contributed by atoms with Crippen LogP contribution in [0.1, 0.15) is 22.3 Å². The van der Waals surface area contributed by atoms with Crippen molar-refractivity contribution in [2.24, 2.45) is 4.99 Å². The number of nitrogens with zero attached hydrogens (tertiary/aromatic N) is 5. The topological polar surface area (TPSA) is 84.9 Å². The zero-order valence-corrected chi connectivity index (χ0v) is 19.0. The maximum atomic E-state index is 13.4. The number of aromatic nitrogens is 2. The third kappa shape index (κ3) is 4.27. The minimum Gasteiger partial charge on any atom is -0.337 e. The molecule has 3 aromatic rings. The second-order valence-corrected chi connectivity index (χ2v) is 8.63. The molecule has 3 heterocycles. The molecule has 0 bridgehead atoms. The van der Waals surface area contributed by atoms with E-state index in [2.05, 4.69) is 15.1 Å². The molecule has 0 radical (unpaired) electrons. The fraction of sp³-hybridized carbons (Fsp3) is 0.333. The van der Waals surface area contributed by atoms with E-state index in [4.69, 9.17) is 4.99 Å². The van der Waals surface area contributed by atoms with Crippen LogP contribution in [0.4, 0.5) is 24.7 Å². The van der Waals surface area contributed by atoms with Crippen LogP contribution in [-0.4, -0.2) is 71.5 Å². The SMILES string of the molecule is CN1C(CN2CCCN(C(=O)c3ccccc3C(F)(F)F)CC2)=Nc2cccc3c(=O)[nH]nc1c23. The fourth-order valence-electron chi connectivity index (χ4n) is 4.62. The molecule has 1 amide bonds. The van der Waals surface area contributed by atoms with E-state index >= 15 is 0 Å². The zero-order valence-electron chi connectivity index (χ0n) is 19.0. The van der Waals surface area contributed by atoms with Crippen molar-refractivity contribution in [1.82, 2.24) is 20.0 Å². The summed E-state index contributed by atoms with van der Waals surface area (Å²) in [4.78, 5) is 35.3. The minimum absolute atomic E-state index is 0.276. The highest BCUT2D eigenvalue weighted by molar-refractivity contribution is 6.13. The number of amides is 1. The van der Waals surface area contributed by atoms with Crippen LogP contribution in [0.25, 0.3) is 10.8 Å². The van der Waals surface area contributed by atoms with Crippen molar-refractivity contribution in [1.29, 1.82) is 0 Å². The van der Waals surface area contributed by atoms with Gasteiger partial charge in [-0.3, -0.25) is 14.5 Å². The Morgan fingerprint density at radius 1 is 1.06 bits per heavy atom. The number of benzene rings is 2. The molecule has 0 saturated carbocycles. The molecule has 0 aliphatic carbocycles. The van der Waals surface area contributed by atoms with Gasteiger partial charge in [0.25, 0.3) is 11.5 Å². The maximum absolute atomic E-state index is 13.4. The number of hydrogen-bond acceptors (Lipinski definition) is 6. The van der Waals surface area contributed by atoms with Crippen molar-refractivity contribution < 1.29 is 18.0 Å². The molecule has 0 spiro atoms. The molecule has 1 fully saturated rings. The summed E-state index contributed by atoms with van der Waals surface area (Å²) in [5.41, 5.74) is -0.848. The lowest BCUT2D eigenvalue weighted by Gasteiger charge is -2.29. The summed E-state index contributed by atoms with van der Waals surface area (Å²) in [6, 6.07) is 10.2. The van der Waals surface area contributed by atoms with Crippen molar-refractivity contribution in [3.05, 3.63) is 63.9 Å². The third-order valence-electron chi connectivity index (χ3n) is 6.43. The third-order valence-corrected chi connectivity index (χ3v) is 6.43. The highest BCUT2D eigenvalue weighted by Crippen LogP contribution is 2.35. The molecule has 182 valence electrons. The van der Waals surface area contributed by atoms with Gasteiger partial charge in [0, 0.05) is 33.2 Å². The first-order chi connectivity index (χ1) is 16.7. The lowest BCUT2D eigenvalue weighted by atomic mass is 10.1. The minimum atomic E-state index is -4.59. The molecular weight excluding hydrogens is 461 g/mol. The van der Waals surface area contributed by atoms with E-state index < -0.39 is 17.6 Å². The first-order valence-corrected chi connectivity index (χ1v) is 11.2. The Morgan fingerprint density at radius 2 is 1.86 bits per heavy atom. The Labute approximate surface area is 198 Å². The molecule has 5 rings (SSSR count). The molecule has 2 aliphatic heterocycles. The molecule has 1 N–H and O–H groups in total. The number of rotatable bonds is 3. The van der Waals surface area contributed by atoms with Gasteiger partial charge in [0.05, 0.1) is 34.1 Å². The highest BCUT2D eigenvalue weighted by atomic mass is 19.4. The molecule has 8 nitrogen and oxygen atoms in total. The number of aliphatic imine (C=N–C) groups is 1. The summed E-state index contributed by atoms with van der Waals surface area (Å²) >= 11 is 0. The van der Waals surface area contributed by atoms with E-state index in [1.807, 2.05) is 18.0 Å². The molecule has 11 heteroatoms. The fourth-order valence-corrected chi connectivity index (χ4v) is 4.62. The number of aromatic amines is 1. The normalized spacial score (nSPS) is 16.9. The van der Waals surface area contributed by atoms with Gasteiger partial charge in [-0.25, -0.2) is 10.1 Å². The number of halogens is 3. The number of likely N-dealkylation sites (N-methyl/N-ethyl adjacent to an activating group) is 1. The molecule has 2 aliphatic rings. The number of anilines is 1. The standard InChI is InChI=1S/C24H23F3N6O2/c1-31-19(28-18-9-4-7-16-20(18)21(31)29-30-22(16)34)14-32-10-5-11-33(13-12-32)23(35)15-6-2-3-8-17(15)24(25,26)27/h2-4,6-9H,5,10-14H2,1H3,(H,30,34). The zero-order chi connectivity index (χ0) is 24.7. The lowest BCUT2D eigenvalue weighted by Crippen LogP contribution is -2.42. The van der Waals surface area contributed by atoms with Crippen molar-refractivity contribution in [3.63, 3.8) is 0 Å². The monoisotopic (exact) mass is 484 g/mol. The van der Waals surface area contributed by atoms with Crippen LogP contribution in [-0.2, 0) is 6.18 Å². The van der Waals surface area contributed by atoms with Gasteiger partial charge in [0.2, 0.25) is 0 Å². The molecular formula is C24H23F3N6O2. The summed E-state index contributed by atoms with van der Waals surface area (Å²) in [5.74, 6) is 0.725. The van der Waals surface area contributed by atoms with Crippen LogP contribution >= 0.6 is 0 Å². The number of H-pyrrole nitrogens is 1. The number of nitrogens with one attached hydrogen (secondary N) is 1. The van der Waals surface area contributed by atoms with E-state index in [9.17, 15) is 22.8 Å². The Morgan fingerprint density at radius 3 is 2.66 bits per heavy atom. The van der Waals surface area contributed by atoms with Crippen LogP contribution in [0, 0.1) is 0 Å². The Bertz CT molecular complexity index is 1380. The summed E-state index contributed by atoms with van der Waals surface area (Å²) in [6.45, 7) is 2.29. The largest absolute Gasteiger partial charge is 0.417 e. The van der Waals surface area contributed by atoms with Crippen molar-refractivity contribution in [3.8, 4) is 0 Å². The second-order valence-electron chi connectivity index (χ2n) is 8.63. The number of alkyl halides is 3.